The normalized spacial score (nSPS) is 17.1. The third-order valence-corrected chi connectivity index (χ3v) is 9.24. The fourth-order valence-electron chi connectivity index (χ4n) is 4.15. The number of carbonyl (C=O) groups is 1. The number of rotatable bonds is 3. The number of nitrogens with one attached hydrogen (secondary N) is 1. The first-order valence-corrected chi connectivity index (χ1v) is 12.9. The Kier molecular flexibility index (Phi) is 6.81. The van der Waals surface area contributed by atoms with Crippen LogP contribution >= 0.6 is 35.3 Å². The van der Waals surface area contributed by atoms with Crippen LogP contribution in [0.25, 0.3) is 10.8 Å². The lowest BCUT2D eigenvalue weighted by Crippen LogP contribution is -2.50. The number of sulfonamides is 1. The number of amides is 1. The van der Waals surface area contributed by atoms with Gasteiger partial charge in [-0.25, -0.2) is 8.42 Å². The molecule has 1 saturated heterocycles. The third-order valence-electron chi connectivity index (χ3n) is 5.89. The van der Waals surface area contributed by atoms with E-state index in [1.54, 1.807) is 40.5 Å². The molecule has 6 nitrogen and oxygen atoms in total. The molecule has 10 heteroatoms. The highest BCUT2D eigenvalue weighted by Gasteiger charge is 2.31. The molecule has 0 atom stereocenters. The zero-order chi connectivity index (χ0) is 21.6. The molecule has 5 rings (SSSR count). The van der Waals surface area contributed by atoms with E-state index in [2.05, 4.69) is 5.32 Å². The largest absolute Gasteiger partial charge is 0.335 e. The molecule has 0 saturated carbocycles. The minimum absolute atomic E-state index is 0. The molecule has 0 unspecified atom stereocenters. The highest BCUT2D eigenvalue weighted by Crippen LogP contribution is 2.28. The maximum Gasteiger partial charge on any atom is 0.264 e. The quantitative estimate of drug-likeness (QED) is 0.580. The Labute approximate surface area is 202 Å². The second kappa shape index (κ2) is 9.29. The Hall–Kier alpha value is -1.68. The molecule has 0 radical (unpaired) electrons. The number of halogens is 2. The van der Waals surface area contributed by atoms with Gasteiger partial charge in [0, 0.05) is 49.2 Å². The Morgan fingerprint density at radius 2 is 1.72 bits per heavy atom. The maximum absolute atomic E-state index is 13.2. The Morgan fingerprint density at radius 1 is 1.00 bits per heavy atom. The van der Waals surface area contributed by atoms with E-state index in [0.717, 1.165) is 35.2 Å². The van der Waals surface area contributed by atoms with Crippen LogP contribution in [-0.4, -0.2) is 56.3 Å². The number of thiophene rings is 1. The molecule has 1 amide bonds. The van der Waals surface area contributed by atoms with Crippen LogP contribution in [0, 0.1) is 0 Å². The Balaban J connectivity index is 0.00000245. The van der Waals surface area contributed by atoms with Gasteiger partial charge in [0.1, 0.15) is 0 Å². The molecular weight excluding hydrogens is 489 g/mol. The minimum atomic E-state index is -3.62. The summed E-state index contributed by atoms with van der Waals surface area (Å²) < 4.78 is 27.8. The van der Waals surface area contributed by atoms with Crippen molar-refractivity contribution in [2.24, 2.45) is 0 Å². The monoisotopic (exact) mass is 511 g/mol. The van der Waals surface area contributed by atoms with Crippen molar-refractivity contribution in [2.45, 2.75) is 17.9 Å². The molecule has 170 valence electrons. The van der Waals surface area contributed by atoms with E-state index in [9.17, 15) is 13.2 Å². The number of benzene rings is 2. The number of fused-ring (bicyclic) bond motifs is 2. The molecule has 0 spiro atoms. The molecule has 2 aliphatic heterocycles. The van der Waals surface area contributed by atoms with E-state index in [1.165, 1.54) is 14.7 Å². The first-order chi connectivity index (χ1) is 14.9. The van der Waals surface area contributed by atoms with E-state index in [0.29, 0.717) is 31.2 Å². The van der Waals surface area contributed by atoms with Crippen LogP contribution in [0.3, 0.4) is 0 Å². The number of carbonyl (C=O) groups excluding carboxylic acids is 1. The zero-order valence-electron chi connectivity index (χ0n) is 17.2. The third kappa shape index (κ3) is 4.40. The molecule has 32 heavy (non-hydrogen) atoms. The first-order valence-electron chi connectivity index (χ1n) is 10.2. The minimum Gasteiger partial charge on any atom is -0.335 e. The van der Waals surface area contributed by atoms with Gasteiger partial charge in [0.15, 0.2) is 0 Å². The molecule has 1 N–H and O–H groups in total. The van der Waals surface area contributed by atoms with Gasteiger partial charge in [0.2, 0.25) is 10.0 Å². The van der Waals surface area contributed by atoms with Gasteiger partial charge in [-0.1, -0.05) is 23.7 Å². The molecule has 2 aliphatic rings. The van der Waals surface area contributed by atoms with Crippen molar-refractivity contribution in [2.75, 3.05) is 32.7 Å². The van der Waals surface area contributed by atoms with Crippen LogP contribution < -0.4 is 5.32 Å². The second-order valence-corrected chi connectivity index (χ2v) is 11.3. The zero-order valence-corrected chi connectivity index (χ0v) is 20.4. The van der Waals surface area contributed by atoms with Gasteiger partial charge in [-0.3, -0.25) is 4.79 Å². The highest BCUT2D eigenvalue weighted by atomic mass is 35.5. The number of nitrogens with zero attached hydrogens (tertiary/aromatic N) is 2. The average molecular weight is 512 g/mol. The van der Waals surface area contributed by atoms with Gasteiger partial charge in [-0.15, -0.1) is 23.7 Å². The van der Waals surface area contributed by atoms with Crippen LogP contribution in [0.1, 0.15) is 20.1 Å². The smallest absolute Gasteiger partial charge is 0.264 e. The van der Waals surface area contributed by atoms with E-state index >= 15 is 0 Å². The topological polar surface area (TPSA) is 69.7 Å². The van der Waals surface area contributed by atoms with Crippen molar-refractivity contribution >= 4 is 62.0 Å². The summed E-state index contributed by atoms with van der Waals surface area (Å²) in [6, 6.07) is 12.5. The summed E-state index contributed by atoms with van der Waals surface area (Å²) in [6.07, 6.45) is 0.956. The van der Waals surface area contributed by atoms with E-state index in [1.807, 2.05) is 18.2 Å². The highest BCUT2D eigenvalue weighted by molar-refractivity contribution is 7.89. The summed E-state index contributed by atoms with van der Waals surface area (Å²) in [6.45, 7) is 3.12. The number of hydrogen-bond donors (Lipinski definition) is 1. The predicted octanol–water partition coefficient (Wildman–Crippen LogP) is 3.77. The lowest BCUT2D eigenvalue weighted by atomic mass is 10.1. The fraction of sp³-hybridized carbons (Fsp3) is 0.318. The Morgan fingerprint density at radius 3 is 2.47 bits per heavy atom. The first kappa shape index (κ1) is 23.5. The fourth-order valence-corrected chi connectivity index (χ4v) is 6.94. The maximum atomic E-state index is 13.2. The van der Waals surface area contributed by atoms with Crippen molar-refractivity contribution < 1.29 is 13.2 Å². The Bertz CT molecular complexity index is 1250. The standard InChI is InChI=1S/C22H22ClN3O3S2.ClH/c23-18-3-1-16-12-19(4-2-15(16)11-18)31(28,29)26-9-7-25(8-10-26)22(27)21-13-17-14-24-6-5-20(17)30-21;/h1-4,11-13,24H,5-10,14H2;1H. The second-order valence-electron chi connectivity index (χ2n) is 7.84. The molecule has 0 bridgehead atoms. The summed E-state index contributed by atoms with van der Waals surface area (Å²) in [4.78, 5) is 17.0. The molecule has 2 aromatic carbocycles. The molecule has 0 aliphatic carbocycles. The summed E-state index contributed by atoms with van der Waals surface area (Å²) in [5.41, 5.74) is 1.21. The van der Waals surface area contributed by atoms with Gasteiger partial charge in [0.05, 0.1) is 9.77 Å². The van der Waals surface area contributed by atoms with Crippen molar-refractivity contribution in [3.05, 3.63) is 62.8 Å². The average Bonchev–Trinajstić information content (AvgIpc) is 3.22. The SMILES string of the molecule is Cl.O=C(c1cc2c(s1)CCNC2)N1CCN(S(=O)(=O)c2ccc3cc(Cl)ccc3c2)CC1. The van der Waals surface area contributed by atoms with Gasteiger partial charge < -0.3 is 10.2 Å². The van der Waals surface area contributed by atoms with Crippen LogP contribution in [0.5, 0.6) is 0 Å². The van der Waals surface area contributed by atoms with Crippen LogP contribution in [-0.2, 0) is 23.0 Å². The van der Waals surface area contributed by atoms with Crippen molar-refractivity contribution in [3.63, 3.8) is 0 Å². The van der Waals surface area contributed by atoms with Crippen molar-refractivity contribution in [1.29, 1.82) is 0 Å². The molecule has 1 aromatic heterocycles. The van der Waals surface area contributed by atoms with Crippen molar-refractivity contribution in [1.82, 2.24) is 14.5 Å². The van der Waals surface area contributed by atoms with Crippen LogP contribution in [0.15, 0.2) is 47.4 Å². The molecule has 3 aromatic rings. The van der Waals surface area contributed by atoms with Gasteiger partial charge in [-0.2, -0.15) is 4.31 Å². The van der Waals surface area contributed by atoms with Gasteiger partial charge in [0.25, 0.3) is 5.91 Å². The summed E-state index contributed by atoms with van der Waals surface area (Å²) in [5, 5.41) is 5.67. The summed E-state index contributed by atoms with van der Waals surface area (Å²) >= 11 is 7.59. The van der Waals surface area contributed by atoms with Gasteiger partial charge in [-0.05, 0) is 53.1 Å². The summed E-state index contributed by atoms with van der Waals surface area (Å²) in [5.74, 6) is -0.000896. The lowest BCUT2D eigenvalue weighted by molar-refractivity contribution is 0.0702. The van der Waals surface area contributed by atoms with E-state index in [4.69, 9.17) is 11.6 Å². The van der Waals surface area contributed by atoms with Crippen LogP contribution in [0.2, 0.25) is 5.02 Å². The summed E-state index contributed by atoms with van der Waals surface area (Å²) in [7, 11) is -3.62. The molecule has 3 heterocycles. The van der Waals surface area contributed by atoms with Crippen LogP contribution in [0.4, 0.5) is 0 Å². The number of piperazine rings is 1. The number of hydrogen-bond acceptors (Lipinski definition) is 5. The van der Waals surface area contributed by atoms with Crippen molar-refractivity contribution in [3.8, 4) is 0 Å². The van der Waals surface area contributed by atoms with E-state index in [-0.39, 0.29) is 23.2 Å². The van der Waals surface area contributed by atoms with Gasteiger partial charge >= 0.3 is 0 Å². The predicted molar refractivity (Wildman–Crippen MR) is 131 cm³/mol. The molecular formula is C22H23Cl2N3O3S2. The lowest BCUT2D eigenvalue weighted by Gasteiger charge is -2.33. The molecule has 1 fully saturated rings. The van der Waals surface area contributed by atoms with E-state index < -0.39 is 10.0 Å².